The van der Waals surface area contributed by atoms with Crippen LogP contribution in [0.3, 0.4) is 0 Å². The number of likely N-dealkylation sites (N-methyl/N-ethyl adjacent to an activating group) is 1. The first-order chi connectivity index (χ1) is 12.9. The third-order valence-corrected chi connectivity index (χ3v) is 4.87. The van der Waals surface area contributed by atoms with E-state index in [1.165, 1.54) is 0 Å². The van der Waals surface area contributed by atoms with Gasteiger partial charge in [-0.2, -0.15) is 0 Å². The summed E-state index contributed by atoms with van der Waals surface area (Å²) >= 11 is 3.49. The highest BCUT2D eigenvalue weighted by Gasteiger charge is 2.15. The zero-order valence-electron chi connectivity index (χ0n) is 15.7. The van der Waals surface area contributed by atoms with Crippen molar-refractivity contribution in [2.24, 2.45) is 0 Å². The molecular formula is C20H23BrNO5-. The van der Waals surface area contributed by atoms with Crippen LogP contribution >= 0.6 is 15.9 Å². The lowest BCUT2D eigenvalue weighted by Crippen LogP contribution is -2.28. The summed E-state index contributed by atoms with van der Waals surface area (Å²) in [5.41, 5.74) is 1.27. The van der Waals surface area contributed by atoms with Crippen LogP contribution in [-0.2, 0) is 9.59 Å². The molecule has 0 saturated heterocycles. The molecule has 146 valence electrons. The van der Waals surface area contributed by atoms with Crippen LogP contribution in [0.4, 0.5) is 0 Å². The molecule has 27 heavy (non-hydrogen) atoms. The van der Waals surface area contributed by atoms with Crippen LogP contribution in [0, 0.1) is 0 Å². The van der Waals surface area contributed by atoms with Gasteiger partial charge in [0.15, 0.2) is 11.3 Å². The van der Waals surface area contributed by atoms with Gasteiger partial charge in [-0.25, -0.2) is 0 Å². The van der Waals surface area contributed by atoms with Crippen LogP contribution in [0.1, 0.15) is 39.4 Å². The van der Waals surface area contributed by atoms with Gasteiger partial charge in [0.1, 0.15) is 5.76 Å². The molecule has 2 rings (SSSR count). The van der Waals surface area contributed by atoms with Gasteiger partial charge >= 0.3 is 0 Å². The highest BCUT2D eigenvalue weighted by atomic mass is 79.9. The van der Waals surface area contributed by atoms with Crippen LogP contribution in [0.25, 0.3) is 16.5 Å². The van der Waals surface area contributed by atoms with E-state index in [1.54, 1.807) is 17.0 Å². The number of carbonyl (C=O) groups excluding carboxylic acids is 2. The molecule has 0 aliphatic rings. The number of rotatable bonds is 9. The Morgan fingerprint density at radius 2 is 2.00 bits per heavy atom. The molecule has 0 N–H and O–H groups in total. The van der Waals surface area contributed by atoms with E-state index in [9.17, 15) is 14.7 Å². The zero-order valence-corrected chi connectivity index (χ0v) is 17.3. The molecule has 1 aromatic carbocycles. The maximum Gasteiger partial charge on any atom is 0.246 e. The van der Waals surface area contributed by atoms with Gasteiger partial charge < -0.3 is 24.0 Å². The number of amides is 1. The number of carboxylic acid groups (broad SMARTS) is 1. The Hall–Kier alpha value is -2.28. The molecule has 0 unspecified atom stereocenters. The number of nitrogens with zero attached hydrogens (tertiary/aromatic N) is 1. The third-order valence-electron chi connectivity index (χ3n) is 4.18. The molecule has 0 radical (unpaired) electrons. The van der Waals surface area contributed by atoms with E-state index in [4.69, 9.17) is 9.15 Å². The molecule has 0 aliphatic heterocycles. The van der Waals surface area contributed by atoms with E-state index < -0.39 is 5.97 Å². The highest BCUT2D eigenvalue weighted by Crippen LogP contribution is 2.36. The Balaban J connectivity index is 2.27. The molecule has 7 heteroatoms. The molecule has 1 heterocycles. The monoisotopic (exact) mass is 436 g/mol. The fraction of sp³-hybridized carbons (Fsp3) is 0.400. The van der Waals surface area contributed by atoms with Crippen LogP contribution in [0.5, 0.6) is 5.75 Å². The predicted molar refractivity (Wildman–Crippen MR) is 105 cm³/mol. The Morgan fingerprint density at radius 3 is 2.63 bits per heavy atom. The van der Waals surface area contributed by atoms with Crippen LogP contribution in [0.2, 0.25) is 0 Å². The number of aliphatic carboxylic acids is 1. The summed E-state index contributed by atoms with van der Waals surface area (Å²) in [6.45, 7) is 7.24. The second-order valence-electron chi connectivity index (χ2n) is 6.06. The number of ether oxygens (including phenoxy) is 1. The summed E-state index contributed by atoms with van der Waals surface area (Å²) in [4.78, 5) is 24.5. The van der Waals surface area contributed by atoms with Gasteiger partial charge in [0.05, 0.1) is 6.61 Å². The van der Waals surface area contributed by atoms with Gasteiger partial charge in [-0.3, -0.25) is 4.79 Å². The average molecular weight is 437 g/mol. The number of carboxylic acids is 1. The lowest BCUT2D eigenvalue weighted by molar-refractivity contribution is -0.305. The number of hydrogen-bond acceptors (Lipinski definition) is 5. The molecule has 1 aromatic heterocycles. The summed E-state index contributed by atoms with van der Waals surface area (Å²) in [6, 6.07) is 5.46. The van der Waals surface area contributed by atoms with Crippen molar-refractivity contribution in [2.75, 3.05) is 19.7 Å². The molecule has 0 saturated carbocycles. The lowest BCUT2D eigenvalue weighted by atomic mass is 10.2. The van der Waals surface area contributed by atoms with Gasteiger partial charge in [0.25, 0.3) is 0 Å². The minimum Gasteiger partial charge on any atom is -0.550 e. The van der Waals surface area contributed by atoms with Gasteiger partial charge in [0.2, 0.25) is 5.91 Å². The number of benzene rings is 1. The van der Waals surface area contributed by atoms with Gasteiger partial charge in [-0.15, -0.1) is 0 Å². The zero-order chi connectivity index (χ0) is 20.0. The van der Waals surface area contributed by atoms with Crippen molar-refractivity contribution in [3.8, 4) is 5.75 Å². The summed E-state index contributed by atoms with van der Waals surface area (Å²) < 4.78 is 12.5. The fourth-order valence-corrected chi connectivity index (χ4v) is 3.08. The fourth-order valence-electron chi connectivity index (χ4n) is 2.66. The summed E-state index contributed by atoms with van der Waals surface area (Å²) in [5, 5.41) is 11.3. The number of carbonyl (C=O) groups is 2. The van der Waals surface area contributed by atoms with Crippen molar-refractivity contribution >= 4 is 44.3 Å². The van der Waals surface area contributed by atoms with Crippen LogP contribution in [-0.4, -0.2) is 36.5 Å². The summed E-state index contributed by atoms with van der Waals surface area (Å²) in [7, 11) is 0. The number of hydrogen-bond donors (Lipinski definition) is 0. The normalized spacial score (nSPS) is 11.6. The Morgan fingerprint density at radius 1 is 1.30 bits per heavy atom. The Bertz CT molecular complexity index is 851. The molecule has 0 atom stereocenters. The van der Waals surface area contributed by atoms with E-state index in [2.05, 4.69) is 15.9 Å². The first-order valence-electron chi connectivity index (χ1n) is 8.89. The van der Waals surface area contributed by atoms with Crippen molar-refractivity contribution < 1.29 is 23.8 Å². The maximum absolute atomic E-state index is 12.3. The SMILES string of the molecule is CCN(CC)C(=O)/C=C(\C)c1cc2c(Br)ccc(OCCCC(=O)[O-])c2o1. The van der Waals surface area contributed by atoms with Crippen LogP contribution in [0.15, 0.2) is 33.2 Å². The minimum atomic E-state index is -1.10. The van der Waals surface area contributed by atoms with E-state index in [1.807, 2.05) is 32.9 Å². The second-order valence-corrected chi connectivity index (χ2v) is 6.92. The minimum absolute atomic E-state index is 0.0572. The van der Waals surface area contributed by atoms with E-state index in [-0.39, 0.29) is 18.9 Å². The van der Waals surface area contributed by atoms with E-state index >= 15 is 0 Å². The molecule has 0 aliphatic carbocycles. The predicted octanol–water partition coefficient (Wildman–Crippen LogP) is 3.38. The standard InChI is InChI=1S/C20H24BrNO5/c1-4-22(5-2)18(23)11-13(3)17-12-14-15(21)8-9-16(20(14)27-17)26-10-6-7-19(24)25/h8-9,11-12H,4-7,10H2,1-3H3,(H,24,25)/p-1/b13-11+. The van der Waals surface area contributed by atoms with Gasteiger partial charge in [-0.05, 0) is 57.4 Å². The number of furan rings is 1. The summed E-state index contributed by atoms with van der Waals surface area (Å²) in [6.07, 6.45) is 1.86. The molecule has 6 nitrogen and oxygen atoms in total. The molecule has 0 spiro atoms. The van der Waals surface area contributed by atoms with Crippen LogP contribution < -0.4 is 9.84 Å². The highest BCUT2D eigenvalue weighted by molar-refractivity contribution is 9.10. The smallest absolute Gasteiger partial charge is 0.246 e. The van der Waals surface area contributed by atoms with Gasteiger partial charge in [-0.1, -0.05) is 15.9 Å². The molecule has 0 bridgehead atoms. The van der Waals surface area contributed by atoms with E-state index in [0.29, 0.717) is 36.6 Å². The number of halogens is 1. The average Bonchev–Trinajstić information content (AvgIpc) is 3.08. The largest absolute Gasteiger partial charge is 0.550 e. The number of fused-ring (bicyclic) bond motifs is 1. The second kappa shape index (κ2) is 9.60. The maximum atomic E-state index is 12.3. The molecule has 0 fully saturated rings. The molecule has 2 aromatic rings. The topological polar surface area (TPSA) is 82.8 Å². The van der Waals surface area contributed by atoms with Crippen molar-refractivity contribution in [1.82, 2.24) is 4.90 Å². The van der Waals surface area contributed by atoms with Gasteiger partial charge in [0, 0.05) is 35.0 Å². The third kappa shape index (κ3) is 5.35. The van der Waals surface area contributed by atoms with Crippen molar-refractivity contribution in [2.45, 2.75) is 33.6 Å². The van der Waals surface area contributed by atoms with E-state index in [0.717, 1.165) is 15.4 Å². The Labute approximate surface area is 166 Å². The number of allylic oxidation sites excluding steroid dienone is 1. The van der Waals surface area contributed by atoms with Crippen molar-refractivity contribution in [1.29, 1.82) is 0 Å². The van der Waals surface area contributed by atoms with Crippen molar-refractivity contribution in [3.05, 3.63) is 34.5 Å². The summed E-state index contributed by atoms with van der Waals surface area (Å²) in [5.74, 6) is -0.0492. The first-order valence-corrected chi connectivity index (χ1v) is 9.68. The molecule has 1 amide bonds. The first kappa shape index (κ1) is 21.0. The quantitative estimate of drug-likeness (QED) is 0.444. The molecular weight excluding hydrogens is 414 g/mol. The lowest BCUT2D eigenvalue weighted by Gasteiger charge is -2.16. The van der Waals surface area contributed by atoms with Crippen molar-refractivity contribution in [3.63, 3.8) is 0 Å². The Kier molecular flexibility index (Phi) is 7.47.